The maximum atomic E-state index is 10.8. The lowest BCUT2D eigenvalue weighted by Crippen LogP contribution is -2.00. The van der Waals surface area contributed by atoms with Gasteiger partial charge in [0.05, 0.1) is 4.90 Å². The van der Waals surface area contributed by atoms with Crippen LogP contribution in [0.1, 0.15) is 0 Å². The fourth-order valence-electron chi connectivity index (χ4n) is 0.617. The summed E-state index contributed by atoms with van der Waals surface area (Å²) in [5, 5.41) is 0. The molecule has 0 aliphatic carbocycles. The largest absolute Gasteiger partial charge is 0.285 e. The first-order valence-electron chi connectivity index (χ1n) is 2.83. The number of carbonyl (C=O) groups excluding carboxylic acids is 1. The van der Waals surface area contributed by atoms with Gasteiger partial charge in [0.25, 0.3) is 0 Å². The van der Waals surface area contributed by atoms with Crippen LogP contribution in [0.3, 0.4) is 0 Å². The number of benzene rings is 1. The fraction of sp³-hybridized carbons (Fsp3) is 0. The van der Waals surface area contributed by atoms with Gasteiger partial charge < -0.3 is 0 Å². The van der Waals surface area contributed by atoms with Crippen LogP contribution in [-0.2, 0) is 14.6 Å². The fourth-order valence-corrected chi connectivity index (χ4v) is 1.24. The van der Waals surface area contributed by atoms with E-state index in [-0.39, 0.29) is 10.5 Å². The molecule has 0 spiro atoms. The minimum atomic E-state index is -3.70. The Kier molecular flexibility index (Phi) is 2.05. The lowest BCUT2D eigenvalue weighted by molar-refractivity contribution is 0.556. The molecule has 0 saturated carbocycles. The van der Waals surface area contributed by atoms with Crippen molar-refractivity contribution in [2.24, 2.45) is 0 Å². The highest BCUT2D eigenvalue weighted by molar-refractivity contribution is 8.04. The first-order chi connectivity index (χ1) is 5.17. The first kappa shape index (κ1) is 7.94. The van der Waals surface area contributed by atoms with Crippen molar-refractivity contribution in [3.05, 3.63) is 30.3 Å². The van der Waals surface area contributed by atoms with Crippen molar-refractivity contribution < 1.29 is 13.2 Å². The van der Waals surface area contributed by atoms with Gasteiger partial charge >= 0.3 is 0 Å². The van der Waals surface area contributed by atoms with Crippen LogP contribution in [0.5, 0.6) is 0 Å². The van der Waals surface area contributed by atoms with Crippen molar-refractivity contribution in [3.8, 4) is 0 Å². The Labute approximate surface area is 64.6 Å². The molecular formula is C7H5O3S. The number of hydrogen-bond donors (Lipinski definition) is 0. The average molecular weight is 169 g/mol. The normalized spacial score (nSPS) is 10.9. The zero-order valence-electron chi connectivity index (χ0n) is 5.52. The Bertz CT molecular complexity index is 339. The SMILES string of the molecule is O=CS(=O)(=O)c1cc[c]cc1. The van der Waals surface area contributed by atoms with Crippen molar-refractivity contribution in [2.45, 2.75) is 4.90 Å². The molecule has 0 saturated heterocycles. The number of carbonyl (C=O) groups is 1. The van der Waals surface area contributed by atoms with Crippen LogP contribution in [0.4, 0.5) is 0 Å². The van der Waals surface area contributed by atoms with Gasteiger partial charge in [-0.1, -0.05) is 12.1 Å². The van der Waals surface area contributed by atoms with E-state index in [1.807, 2.05) is 0 Å². The summed E-state index contributed by atoms with van der Waals surface area (Å²) in [5.74, 6) is 0. The van der Waals surface area contributed by atoms with Gasteiger partial charge in [0.1, 0.15) is 0 Å². The summed E-state index contributed by atoms with van der Waals surface area (Å²) in [6.45, 7) is 0. The Balaban J connectivity index is 3.24. The second-order valence-electron chi connectivity index (χ2n) is 1.88. The smallest absolute Gasteiger partial charge is 0.238 e. The minimum absolute atomic E-state index is 0.00579. The summed E-state index contributed by atoms with van der Waals surface area (Å²) in [6, 6.07) is 8.18. The molecule has 11 heavy (non-hydrogen) atoms. The molecule has 1 aromatic carbocycles. The average Bonchev–Trinajstić information content (AvgIpc) is 2.06. The van der Waals surface area contributed by atoms with Gasteiger partial charge in [-0.2, -0.15) is 0 Å². The van der Waals surface area contributed by atoms with E-state index in [1.165, 1.54) is 24.3 Å². The molecule has 1 radical (unpaired) electrons. The van der Waals surface area contributed by atoms with Crippen LogP contribution in [0.25, 0.3) is 0 Å². The van der Waals surface area contributed by atoms with E-state index in [2.05, 4.69) is 6.07 Å². The third kappa shape index (κ3) is 1.65. The lowest BCUT2D eigenvalue weighted by atomic mass is 10.4. The van der Waals surface area contributed by atoms with Gasteiger partial charge in [-0.05, 0) is 18.2 Å². The predicted octanol–water partition coefficient (Wildman–Crippen LogP) is 0.451. The predicted molar refractivity (Wildman–Crippen MR) is 39.2 cm³/mol. The summed E-state index contributed by atoms with van der Waals surface area (Å²) >= 11 is 0. The van der Waals surface area contributed by atoms with Crippen LogP contribution in [0.15, 0.2) is 29.2 Å². The van der Waals surface area contributed by atoms with Crippen LogP contribution < -0.4 is 0 Å². The maximum Gasteiger partial charge on any atom is 0.238 e. The van der Waals surface area contributed by atoms with E-state index in [1.54, 1.807) is 0 Å². The molecule has 0 fully saturated rings. The van der Waals surface area contributed by atoms with E-state index >= 15 is 0 Å². The van der Waals surface area contributed by atoms with Crippen LogP contribution in [0, 0.1) is 6.07 Å². The van der Waals surface area contributed by atoms with E-state index in [4.69, 9.17) is 0 Å². The summed E-state index contributed by atoms with van der Waals surface area (Å²) in [6.07, 6.45) is 0. The highest BCUT2D eigenvalue weighted by Crippen LogP contribution is 2.05. The molecule has 0 aliphatic rings. The molecule has 57 valence electrons. The van der Waals surface area contributed by atoms with Gasteiger partial charge in [-0.3, -0.25) is 4.79 Å². The third-order valence-electron chi connectivity index (χ3n) is 1.14. The molecule has 0 aromatic heterocycles. The van der Waals surface area contributed by atoms with Crippen molar-refractivity contribution in [1.82, 2.24) is 0 Å². The summed E-state index contributed by atoms with van der Waals surface area (Å²) in [5.41, 5.74) is -0.0671. The van der Waals surface area contributed by atoms with Crippen LogP contribution in [0.2, 0.25) is 0 Å². The molecule has 1 rings (SSSR count). The van der Waals surface area contributed by atoms with Crippen molar-refractivity contribution in [2.75, 3.05) is 0 Å². The van der Waals surface area contributed by atoms with Crippen molar-refractivity contribution in [1.29, 1.82) is 0 Å². The zero-order valence-corrected chi connectivity index (χ0v) is 6.34. The lowest BCUT2D eigenvalue weighted by Gasteiger charge is -1.92. The molecule has 0 aliphatic heterocycles. The zero-order chi connectivity index (χ0) is 8.32. The molecule has 0 bridgehead atoms. The third-order valence-corrected chi connectivity index (χ3v) is 2.33. The Morgan fingerprint density at radius 2 is 1.82 bits per heavy atom. The molecule has 0 atom stereocenters. The van der Waals surface area contributed by atoms with Gasteiger partial charge in [-0.25, -0.2) is 8.42 Å². The number of rotatable bonds is 2. The quantitative estimate of drug-likeness (QED) is 0.604. The van der Waals surface area contributed by atoms with Crippen LogP contribution >= 0.6 is 0 Å². The Morgan fingerprint density at radius 1 is 1.27 bits per heavy atom. The molecule has 0 heterocycles. The maximum absolute atomic E-state index is 10.8. The monoisotopic (exact) mass is 169 g/mol. The van der Waals surface area contributed by atoms with E-state index in [0.29, 0.717) is 0 Å². The molecule has 0 amide bonds. The molecule has 4 heteroatoms. The van der Waals surface area contributed by atoms with E-state index in [9.17, 15) is 13.2 Å². The highest BCUT2D eigenvalue weighted by atomic mass is 32.2. The topological polar surface area (TPSA) is 51.2 Å². The summed E-state index contributed by atoms with van der Waals surface area (Å²) in [4.78, 5) is 10.0. The van der Waals surface area contributed by atoms with Gasteiger partial charge in [0, 0.05) is 0 Å². The standard InChI is InChI=1S/C7H5O3S/c8-6-11(9,10)7-4-2-1-3-5-7/h2-6H. The van der Waals surface area contributed by atoms with Gasteiger partial charge in [0.15, 0.2) is 0 Å². The summed E-state index contributed by atoms with van der Waals surface area (Å²) < 4.78 is 21.6. The molecule has 0 N–H and O–H groups in total. The van der Waals surface area contributed by atoms with Crippen LogP contribution in [-0.4, -0.2) is 14.0 Å². The minimum Gasteiger partial charge on any atom is -0.285 e. The second kappa shape index (κ2) is 2.84. The molecule has 3 nitrogen and oxygen atoms in total. The molecule has 1 aromatic rings. The first-order valence-corrected chi connectivity index (χ1v) is 4.38. The van der Waals surface area contributed by atoms with E-state index < -0.39 is 9.84 Å². The van der Waals surface area contributed by atoms with E-state index in [0.717, 1.165) is 0 Å². The summed E-state index contributed by atoms with van der Waals surface area (Å²) in [7, 11) is -3.70. The second-order valence-corrected chi connectivity index (χ2v) is 3.63. The number of hydrogen-bond acceptors (Lipinski definition) is 3. The Morgan fingerprint density at radius 3 is 2.27 bits per heavy atom. The van der Waals surface area contributed by atoms with Crippen molar-refractivity contribution >= 4 is 15.5 Å². The van der Waals surface area contributed by atoms with Crippen molar-refractivity contribution in [3.63, 3.8) is 0 Å². The highest BCUT2D eigenvalue weighted by Gasteiger charge is 2.10. The van der Waals surface area contributed by atoms with Gasteiger partial charge in [0.2, 0.25) is 15.5 Å². The van der Waals surface area contributed by atoms with Gasteiger partial charge in [-0.15, -0.1) is 0 Å². The molecule has 0 unspecified atom stereocenters. The molecular weight excluding hydrogens is 164 g/mol. The Hall–Kier alpha value is -1.16. The number of sulfone groups is 1.